The van der Waals surface area contributed by atoms with Crippen molar-refractivity contribution in [3.05, 3.63) is 34.3 Å². The van der Waals surface area contributed by atoms with Crippen LogP contribution in [0.1, 0.15) is 24.2 Å². The lowest BCUT2D eigenvalue weighted by Crippen LogP contribution is -2.52. The molecule has 0 aliphatic carbocycles. The van der Waals surface area contributed by atoms with Gasteiger partial charge in [0.15, 0.2) is 0 Å². The molecule has 0 aliphatic heterocycles. The van der Waals surface area contributed by atoms with Crippen molar-refractivity contribution < 1.29 is 4.79 Å². The van der Waals surface area contributed by atoms with Crippen molar-refractivity contribution in [2.75, 3.05) is 0 Å². The Kier molecular flexibility index (Phi) is 4.04. The Morgan fingerprint density at radius 2 is 1.88 bits per heavy atom. The molecule has 0 saturated carbocycles. The second kappa shape index (κ2) is 4.93. The van der Waals surface area contributed by atoms with E-state index in [1.807, 2.05) is 12.1 Å². The zero-order chi connectivity index (χ0) is 12.3. The van der Waals surface area contributed by atoms with Crippen molar-refractivity contribution in [1.82, 2.24) is 5.32 Å². The molecule has 1 aromatic rings. The maximum atomic E-state index is 11.8. The minimum Gasteiger partial charge on any atom is -0.391 e. The van der Waals surface area contributed by atoms with E-state index in [9.17, 15) is 4.79 Å². The van der Waals surface area contributed by atoms with Gasteiger partial charge in [-0.1, -0.05) is 28.1 Å². The van der Waals surface area contributed by atoms with Crippen molar-refractivity contribution in [3.63, 3.8) is 0 Å². The third-order valence-electron chi connectivity index (χ3n) is 2.15. The van der Waals surface area contributed by atoms with Crippen LogP contribution in [-0.2, 0) is 0 Å². The summed E-state index contributed by atoms with van der Waals surface area (Å²) in [7, 11) is 0. The lowest BCUT2D eigenvalue weighted by atomic mass is 10.1. The van der Waals surface area contributed by atoms with Crippen LogP contribution in [0.5, 0.6) is 0 Å². The first-order chi connectivity index (χ1) is 7.33. The number of thiocarbonyl (C=S) groups is 1. The summed E-state index contributed by atoms with van der Waals surface area (Å²) in [5, 5.41) is 2.77. The number of rotatable bonds is 3. The number of nitrogens with two attached hydrogens (primary N) is 1. The van der Waals surface area contributed by atoms with Gasteiger partial charge in [0.25, 0.3) is 5.91 Å². The van der Waals surface area contributed by atoms with Gasteiger partial charge in [-0.3, -0.25) is 4.79 Å². The van der Waals surface area contributed by atoms with Crippen molar-refractivity contribution in [1.29, 1.82) is 0 Å². The Morgan fingerprint density at radius 3 is 2.31 bits per heavy atom. The number of amides is 1. The Bertz CT molecular complexity index is 414. The second-order valence-corrected chi connectivity index (χ2v) is 5.31. The predicted octanol–water partition coefficient (Wildman–Crippen LogP) is 2.24. The van der Waals surface area contributed by atoms with Gasteiger partial charge in [0.2, 0.25) is 0 Å². The number of halogens is 1. The van der Waals surface area contributed by atoms with Gasteiger partial charge in [0.05, 0.1) is 10.5 Å². The third-order valence-corrected chi connectivity index (χ3v) is 3.19. The molecule has 0 heterocycles. The van der Waals surface area contributed by atoms with E-state index in [0.29, 0.717) is 5.56 Å². The highest BCUT2D eigenvalue weighted by atomic mass is 79.9. The summed E-state index contributed by atoms with van der Waals surface area (Å²) in [5.41, 5.74) is 5.43. The number of nitrogens with one attached hydrogen (secondary N) is 1. The average molecular weight is 301 g/mol. The molecule has 3 N–H and O–H groups in total. The molecular weight excluding hydrogens is 288 g/mol. The molecule has 3 nitrogen and oxygen atoms in total. The Balaban J connectivity index is 2.81. The topological polar surface area (TPSA) is 55.1 Å². The van der Waals surface area contributed by atoms with E-state index in [-0.39, 0.29) is 10.9 Å². The van der Waals surface area contributed by atoms with Gasteiger partial charge in [-0.05, 0) is 38.1 Å². The van der Waals surface area contributed by atoms with E-state index >= 15 is 0 Å². The molecule has 0 atom stereocenters. The van der Waals surface area contributed by atoms with Crippen LogP contribution in [0, 0.1) is 0 Å². The van der Waals surface area contributed by atoms with E-state index in [1.54, 1.807) is 26.0 Å². The SMILES string of the molecule is CC(C)(NC(=O)c1ccc(Br)cc1)C(N)=S. The largest absolute Gasteiger partial charge is 0.391 e. The van der Waals surface area contributed by atoms with Crippen LogP contribution in [-0.4, -0.2) is 16.4 Å². The molecule has 0 fully saturated rings. The summed E-state index contributed by atoms with van der Waals surface area (Å²) in [4.78, 5) is 12.1. The molecule has 86 valence electrons. The van der Waals surface area contributed by atoms with Crippen molar-refractivity contribution in [3.8, 4) is 0 Å². The van der Waals surface area contributed by atoms with Gasteiger partial charge >= 0.3 is 0 Å². The summed E-state index contributed by atoms with van der Waals surface area (Å²) in [6.45, 7) is 3.54. The highest BCUT2D eigenvalue weighted by Gasteiger charge is 2.23. The zero-order valence-corrected chi connectivity index (χ0v) is 11.5. The molecule has 0 radical (unpaired) electrons. The number of carbonyl (C=O) groups is 1. The van der Waals surface area contributed by atoms with E-state index in [2.05, 4.69) is 21.2 Å². The number of carbonyl (C=O) groups excluding carboxylic acids is 1. The highest BCUT2D eigenvalue weighted by Crippen LogP contribution is 2.11. The monoisotopic (exact) mass is 300 g/mol. The van der Waals surface area contributed by atoms with Crippen molar-refractivity contribution >= 4 is 39.0 Å². The fraction of sp³-hybridized carbons (Fsp3) is 0.273. The van der Waals surface area contributed by atoms with E-state index in [1.165, 1.54) is 0 Å². The summed E-state index contributed by atoms with van der Waals surface area (Å²) in [6, 6.07) is 7.08. The van der Waals surface area contributed by atoms with Gasteiger partial charge in [0, 0.05) is 10.0 Å². The predicted molar refractivity (Wildman–Crippen MR) is 72.5 cm³/mol. The van der Waals surface area contributed by atoms with Crippen LogP contribution < -0.4 is 11.1 Å². The molecule has 0 saturated heterocycles. The van der Waals surface area contributed by atoms with E-state index in [4.69, 9.17) is 18.0 Å². The molecule has 5 heteroatoms. The fourth-order valence-corrected chi connectivity index (χ4v) is 1.33. The molecule has 0 spiro atoms. The number of benzene rings is 1. The summed E-state index contributed by atoms with van der Waals surface area (Å²) in [6.07, 6.45) is 0. The van der Waals surface area contributed by atoms with Gasteiger partial charge < -0.3 is 11.1 Å². The van der Waals surface area contributed by atoms with Crippen LogP contribution in [0.2, 0.25) is 0 Å². The maximum absolute atomic E-state index is 11.8. The number of hydrogen-bond donors (Lipinski definition) is 2. The highest BCUT2D eigenvalue weighted by molar-refractivity contribution is 9.10. The van der Waals surface area contributed by atoms with Gasteiger partial charge in [0.1, 0.15) is 0 Å². The van der Waals surface area contributed by atoms with Crippen LogP contribution in [0.3, 0.4) is 0 Å². The van der Waals surface area contributed by atoms with Crippen LogP contribution in [0.15, 0.2) is 28.7 Å². The average Bonchev–Trinajstić information content (AvgIpc) is 2.17. The Hall–Kier alpha value is -0.940. The summed E-state index contributed by atoms with van der Waals surface area (Å²) < 4.78 is 0.928. The van der Waals surface area contributed by atoms with Crippen LogP contribution in [0.25, 0.3) is 0 Å². The molecule has 0 aliphatic rings. The molecule has 0 aromatic heterocycles. The smallest absolute Gasteiger partial charge is 0.252 e. The molecule has 1 amide bonds. The second-order valence-electron chi connectivity index (χ2n) is 3.95. The third kappa shape index (κ3) is 3.28. The summed E-state index contributed by atoms with van der Waals surface area (Å²) >= 11 is 8.18. The first-order valence-electron chi connectivity index (χ1n) is 4.71. The van der Waals surface area contributed by atoms with E-state index < -0.39 is 5.54 Å². The van der Waals surface area contributed by atoms with E-state index in [0.717, 1.165) is 4.47 Å². The lowest BCUT2D eigenvalue weighted by Gasteiger charge is -2.24. The zero-order valence-electron chi connectivity index (χ0n) is 9.08. The van der Waals surface area contributed by atoms with Gasteiger partial charge in [-0.15, -0.1) is 0 Å². The van der Waals surface area contributed by atoms with Crippen molar-refractivity contribution in [2.45, 2.75) is 19.4 Å². The van der Waals surface area contributed by atoms with Gasteiger partial charge in [-0.25, -0.2) is 0 Å². The Morgan fingerprint density at radius 1 is 1.38 bits per heavy atom. The molecule has 1 rings (SSSR count). The maximum Gasteiger partial charge on any atom is 0.252 e. The Labute approximate surface area is 109 Å². The van der Waals surface area contributed by atoms with Crippen LogP contribution >= 0.6 is 28.1 Å². The number of hydrogen-bond acceptors (Lipinski definition) is 2. The van der Waals surface area contributed by atoms with Crippen molar-refractivity contribution in [2.24, 2.45) is 5.73 Å². The fourth-order valence-electron chi connectivity index (χ4n) is 1.02. The standard InChI is InChI=1S/C11H13BrN2OS/c1-11(2,10(13)16)14-9(15)7-3-5-8(12)6-4-7/h3-6H,1-2H3,(H2,13,16)(H,14,15). The lowest BCUT2D eigenvalue weighted by molar-refractivity contribution is 0.0932. The minimum absolute atomic E-state index is 0.190. The minimum atomic E-state index is -0.681. The first kappa shape index (κ1) is 13.1. The molecular formula is C11H13BrN2OS. The molecule has 1 aromatic carbocycles. The first-order valence-corrected chi connectivity index (χ1v) is 5.91. The summed E-state index contributed by atoms with van der Waals surface area (Å²) in [5.74, 6) is -0.190. The van der Waals surface area contributed by atoms with Gasteiger partial charge in [-0.2, -0.15) is 0 Å². The normalized spacial score (nSPS) is 10.9. The molecule has 0 unspecified atom stereocenters. The molecule has 16 heavy (non-hydrogen) atoms. The van der Waals surface area contributed by atoms with Crippen LogP contribution in [0.4, 0.5) is 0 Å². The molecule has 0 bridgehead atoms. The quantitative estimate of drug-likeness (QED) is 0.842.